The maximum Gasteiger partial charge on any atom is 0.191 e. The Bertz CT molecular complexity index is 666. The molecule has 2 heterocycles. The second-order valence-electron chi connectivity index (χ2n) is 7.92. The molecule has 2 fully saturated rings. The van der Waals surface area contributed by atoms with Crippen LogP contribution in [-0.4, -0.2) is 88.4 Å². The van der Waals surface area contributed by atoms with Gasteiger partial charge in [0.2, 0.25) is 0 Å². The first-order chi connectivity index (χ1) is 13.5. The molecule has 2 aliphatic rings. The Balaban J connectivity index is 0.00000300. The first kappa shape index (κ1) is 24.2. The van der Waals surface area contributed by atoms with Gasteiger partial charge in [-0.25, -0.2) is 0 Å². The van der Waals surface area contributed by atoms with Crippen LogP contribution in [0.1, 0.15) is 17.5 Å². The monoisotopic (exact) mass is 517 g/mol. The van der Waals surface area contributed by atoms with E-state index in [2.05, 4.69) is 64.6 Å². The molecule has 7 nitrogen and oxygen atoms in total. The number of halogens is 1. The molecule has 0 amide bonds. The van der Waals surface area contributed by atoms with Crippen LogP contribution in [0.3, 0.4) is 0 Å². The number of hydrogen-bond acceptors (Lipinski definition) is 5. The second kappa shape index (κ2) is 11.9. The molecular weight excluding hydrogens is 481 g/mol. The van der Waals surface area contributed by atoms with Crippen LogP contribution in [0.25, 0.3) is 0 Å². The summed E-state index contributed by atoms with van der Waals surface area (Å²) < 4.78 is 11.6. The van der Waals surface area contributed by atoms with Gasteiger partial charge in [0.25, 0.3) is 0 Å². The average Bonchev–Trinajstić information content (AvgIpc) is 3.19. The van der Waals surface area contributed by atoms with Gasteiger partial charge in [-0.3, -0.25) is 9.89 Å². The predicted molar refractivity (Wildman–Crippen MR) is 129 cm³/mol. The lowest BCUT2D eigenvalue weighted by molar-refractivity contribution is 0.116. The van der Waals surface area contributed by atoms with E-state index in [0.717, 1.165) is 56.5 Å². The molecule has 1 aromatic carbocycles. The van der Waals surface area contributed by atoms with E-state index in [-0.39, 0.29) is 30.1 Å². The third kappa shape index (κ3) is 7.27. The Kier molecular flexibility index (Phi) is 9.94. The summed E-state index contributed by atoms with van der Waals surface area (Å²) >= 11 is 0. The number of hydrogen-bond donors (Lipinski definition) is 2. The number of nitrogens with one attached hydrogen (secondary N) is 2. The van der Waals surface area contributed by atoms with Crippen molar-refractivity contribution in [2.24, 2.45) is 4.99 Å². The summed E-state index contributed by atoms with van der Waals surface area (Å²) in [5.41, 5.74) is 2.33. The van der Waals surface area contributed by atoms with Gasteiger partial charge in [-0.1, -0.05) is 12.1 Å². The molecule has 0 saturated carbocycles. The zero-order valence-electron chi connectivity index (χ0n) is 18.1. The van der Waals surface area contributed by atoms with Crippen molar-refractivity contribution in [3.05, 3.63) is 29.3 Å². The third-order valence-electron chi connectivity index (χ3n) is 5.56. The molecule has 0 radical (unpaired) electrons. The van der Waals surface area contributed by atoms with Gasteiger partial charge >= 0.3 is 0 Å². The van der Waals surface area contributed by atoms with Crippen molar-refractivity contribution in [3.63, 3.8) is 0 Å². The minimum atomic E-state index is 0. The van der Waals surface area contributed by atoms with Gasteiger partial charge in [-0.15, -0.1) is 24.0 Å². The number of guanidine groups is 1. The summed E-state index contributed by atoms with van der Waals surface area (Å²) in [6, 6.07) is 6.85. The number of aryl methyl sites for hydroxylation is 1. The highest BCUT2D eigenvalue weighted by atomic mass is 127. The van der Waals surface area contributed by atoms with Crippen LogP contribution in [0.5, 0.6) is 5.75 Å². The summed E-state index contributed by atoms with van der Waals surface area (Å²) in [4.78, 5) is 9.18. The summed E-state index contributed by atoms with van der Waals surface area (Å²) in [5, 5.41) is 6.91. The average molecular weight is 517 g/mol. The smallest absolute Gasteiger partial charge is 0.191 e. The van der Waals surface area contributed by atoms with E-state index in [1.54, 1.807) is 0 Å². The fourth-order valence-corrected chi connectivity index (χ4v) is 3.64. The van der Waals surface area contributed by atoms with Crippen molar-refractivity contribution < 1.29 is 9.47 Å². The molecule has 8 heteroatoms. The fraction of sp³-hybridized carbons (Fsp3) is 0.667. The van der Waals surface area contributed by atoms with E-state index in [4.69, 9.17) is 9.47 Å². The highest BCUT2D eigenvalue weighted by Crippen LogP contribution is 2.23. The van der Waals surface area contributed by atoms with Crippen molar-refractivity contribution in [2.75, 3.05) is 60.5 Å². The zero-order chi connectivity index (χ0) is 19.9. The van der Waals surface area contributed by atoms with E-state index >= 15 is 0 Å². The number of ether oxygens (including phenoxy) is 2. The summed E-state index contributed by atoms with van der Waals surface area (Å²) in [6.45, 7) is 8.39. The molecule has 2 aliphatic heterocycles. The first-order valence-electron chi connectivity index (χ1n) is 10.2. The lowest BCUT2D eigenvalue weighted by atomic mass is 10.1. The van der Waals surface area contributed by atoms with Gasteiger partial charge in [0.1, 0.15) is 11.9 Å². The minimum absolute atomic E-state index is 0. The number of aliphatic imine (C=N–C) groups is 1. The Morgan fingerprint density at radius 2 is 2.10 bits per heavy atom. The first-order valence-corrected chi connectivity index (χ1v) is 10.2. The maximum absolute atomic E-state index is 6.20. The number of rotatable bonds is 6. The molecule has 164 valence electrons. The quantitative estimate of drug-likeness (QED) is 0.341. The highest BCUT2D eigenvalue weighted by molar-refractivity contribution is 14.0. The number of piperazine rings is 1. The lowest BCUT2D eigenvalue weighted by Crippen LogP contribution is -2.55. The standard InChI is InChI=1S/C21H35N5O2.HI/c1-16-5-6-17(20(11-16)28-19-7-10-27-15-19)12-23-21(22-2)24-13-18-14-25(3)8-9-26(18)4;/h5-6,11,18-19H,7-10,12-15H2,1-4H3,(H2,22,23,24);1H. The van der Waals surface area contributed by atoms with Crippen molar-refractivity contribution >= 4 is 29.9 Å². The van der Waals surface area contributed by atoms with E-state index in [1.807, 2.05) is 7.05 Å². The Morgan fingerprint density at radius 3 is 2.83 bits per heavy atom. The van der Waals surface area contributed by atoms with Crippen molar-refractivity contribution in [1.82, 2.24) is 20.4 Å². The summed E-state index contributed by atoms with van der Waals surface area (Å²) in [5.74, 6) is 1.75. The second-order valence-corrected chi connectivity index (χ2v) is 7.92. The van der Waals surface area contributed by atoms with E-state index in [9.17, 15) is 0 Å². The van der Waals surface area contributed by atoms with E-state index in [0.29, 0.717) is 19.2 Å². The van der Waals surface area contributed by atoms with Gasteiger partial charge in [0.15, 0.2) is 5.96 Å². The van der Waals surface area contributed by atoms with Crippen molar-refractivity contribution in [1.29, 1.82) is 0 Å². The predicted octanol–water partition coefficient (Wildman–Crippen LogP) is 1.69. The van der Waals surface area contributed by atoms with E-state index in [1.165, 1.54) is 5.56 Å². The van der Waals surface area contributed by atoms with Crippen LogP contribution in [-0.2, 0) is 11.3 Å². The molecule has 29 heavy (non-hydrogen) atoms. The van der Waals surface area contributed by atoms with Crippen LogP contribution in [0, 0.1) is 6.92 Å². The van der Waals surface area contributed by atoms with Gasteiger partial charge in [-0.05, 0) is 32.6 Å². The maximum atomic E-state index is 6.20. The summed E-state index contributed by atoms with van der Waals surface area (Å²) in [6.07, 6.45) is 1.10. The van der Waals surface area contributed by atoms with Crippen LogP contribution >= 0.6 is 24.0 Å². The molecule has 0 aromatic heterocycles. The Hall–Kier alpha value is -1.10. The summed E-state index contributed by atoms with van der Waals surface area (Å²) in [7, 11) is 6.19. The molecule has 0 bridgehead atoms. The molecule has 2 N–H and O–H groups in total. The van der Waals surface area contributed by atoms with Crippen LogP contribution in [0.4, 0.5) is 0 Å². The third-order valence-corrected chi connectivity index (χ3v) is 5.56. The SMILES string of the molecule is CN=C(NCc1ccc(C)cc1OC1CCOC1)NCC1CN(C)CCN1C.I. The van der Waals surface area contributed by atoms with Crippen LogP contribution in [0.2, 0.25) is 0 Å². The Labute approximate surface area is 192 Å². The highest BCUT2D eigenvalue weighted by Gasteiger charge is 2.22. The fourth-order valence-electron chi connectivity index (χ4n) is 3.64. The number of benzene rings is 1. The molecule has 3 rings (SSSR count). The molecule has 0 aliphatic carbocycles. The van der Waals surface area contributed by atoms with Crippen molar-refractivity contribution in [2.45, 2.75) is 32.0 Å². The van der Waals surface area contributed by atoms with Gasteiger partial charge in [0.05, 0.1) is 13.2 Å². The largest absolute Gasteiger partial charge is 0.488 e. The number of nitrogens with zero attached hydrogens (tertiary/aromatic N) is 3. The zero-order valence-corrected chi connectivity index (χ0v) is 20.4. The Morgan fingerprint density at radius 1 is 1.28 bits per heavy atom. The van der Waals surface area contributed by atoms with Crippen LogP contribution in [0.15, 0.2) is 23.2 Å². The minimum Gasteiger partial charge on any atom is -0.488 e. The van der Waals surface area contributed by atoms with Gasteiger partial charge < -0.3 is 25.0 Å². The van der Waals surface area contributed by atoms with Gasteiger partial charge in [-0.2, -0.15) is 0 Å². The molecular formula is C21H36IN5O2. The molecule has 2 unspecified atom stereocenters. The van der Waals surface area contributed by atoms with E-state index < -0.39 is 0 Å². The molecule has 1 aromatic rings. The van der Waals surface area contributed by atoms with Crippen molar-refractivity contribution in [3.8, 4) is 5.75 Å². The normalized spacial score (nSPS) is 23.5. The molecule has 2 saturated heterocycles. The topological polar surface area (TPSA) is 61.4 Å². The van der Waals surface area contributed by atoms with Gasteiger partial charge in [0, 0.05) is 57.8 Å². The molecule has 0 spiro atoms. The molecule has 2 atom stereocenters. The van der Waals surface area contributed by atoms with Crippen LogP contribution < -0.4 is 15.4 Å². The lowest BCUT2D eigenvalue weighted by Gasteiger charge is -2.37. The number of likely N-dealkylation sites (N-methyl/N-ethyl adjacent to an activating group) is 2.